The van der Waals surface area contributed by atoms with Crippen molar-refractivity contribution >= 4 is 6.09 Å². The number of alkyl carbamates (subject to hydrolysis) is 1. The first kappa shape index (κ1) is 18.5. The zero-order chi connectivity index (χ0) is 16.5. The molecule has 0 bridgehead atoms. The van der Waals surface area contributed by atoms with Crippen molar-refractivity contribution in [1.29, 1.82) is 0 Å². The van der Waals surface area contributed by atoms with Crippen LogP contribution in [0.2, 0.25) is 0 Å². The van der Waals surface area contributed by atoms with Crippen molar-refractivity contribution in [1.82, 2.24) is 5.32 Å². The van der Waals surface area contributed by atoms with Gasteiger partial charge < -0.3 is 14.8 Å². The Morgan fingerprint density at radius 1 is 1.27 bits per heavy atom. The Morgan fingerprint density at radius 3 is 2.50 bits per heavy atom. The second-order valence-electron chi connectivity index (χ2n) is 5.90. The van der Waals surface area contributed by atoms with Crippen molar-refractivity contribution in [3.8, 4) is 0 Å². The van der Waals surface area contributed by atoms with Crippen molar-refractivity contribution in [2.45, 2.75) is 65.2 Å². The van der Waals surface area contributed by atoms with Gasteiger partial charge in [0.25, 0.3) is 0 Å². The topological polar surface area (TPSA) is 47.6 Å². The Hall–Kier alpha value is -1.55. The molecule has 0 saturated heterocycles. The van der Waals surface area contributed by atoms with Crippen LogP contribution in [0.1, 0.15) is 57.3 Å². The van der Waals surface area contributed by atoms with E-state index in [1.54, 1.807) is 7.11 Å². The number of unbranched alkanes of at least 4 members (excludes halogenated alkanes) is 1. The molecule has 0 heterocycles. The number of nitrogens with one attached hydrogen (secondary N) is 1. The van der Waals surface area contributed by atoms with Gasteiger partial charge in [-0.3, -0.25) is 0 Å². The highest BCUT2D eigenvalue weighted by atomic mass is 16.6. The summed E-state index contributed by atoms with van der Waals surface area (Å²) in [7, 11) is 1.67. The maximum atomic E-state index is 12.0. The predicted octanol–water partition coefficient (Wildman–Crippen LogP) is 4.38. The Kier molecular flexibility index (Phi) is 7.96. The molecule has 1 N–H and O–H groups in total. The van der Waals surface area contributed by atoms with Crippen molar-refractivity contribution in [2.75, 3.05) is 7.11 Å². The second-order valence-corrected chi connectivity index (χ2v) is 5.90. The molecule has 0 unspecified atom stereocenters. The van der Waals surface area contributed by atoms with Gasteiger partial charge in [0.2, 0.25) is 0 Å². The molecule has 2 atom stereocenters. The summed E-state index contributed by atoms with van der Waals surface area (Å²) >= 11 is 0. The standard InChI is InChI=1S/C18H29NO3/c1-6-7-12-16(22-18(20)19-13(2)3)17(21-5)15-11-9-8-10-14(15)4/h8-11,13,16-17H,6-7,12H2,1-5H3,(H,19,20)/t16-,17-/m0/s1. The number of amides is 1. The lowest BCUT2D eigenvalue weighted by Crippen LogP contribution is -2.36. The molecule has 0 fully saturated rings. The summed E-state index contributed by atoms with van der Waals surface area (Å²) in [4.78, 5) is 12.0. The minimum Gasteiger partial charge on any atom is -0.443 e. The third-order valence-corrected chi connectivity index (χ3v) is 3.59. The fraction of sp³-hybridized carbons (Fsp3) is 0.611. The van der Waals surface area contributed by atoms with Gasteiger partial charge in [-0.15, -0.1) is 0 Å². The average Bonchev–Trinajstić information content (AvgIpc) is 2.46. The molecular formula is C18H29NO3. The van der Waals surface area contributed by atoms with Crippen LogP contribution in [0, 0.1) is 6.92 Å². The van der Waals surface area contributed by atoms with Crippen molar-refractivity contribution in [3.05, 3.63) is 35.4 Å². The molecule has 1 rings (SSSR count). The molecule has 0 aliphatic carbocycles. The molecule has 0 spiro atoms. The first-order valence-corrected chi connectivity index (χ1v) is 8.05. The zero-order valence-electron chi connectivity index (χ0n) is 14.4. The van der Waals surface area contributed by atoms with Gasteiger partial charge in [0, 0.05) is 13.2 Å². The Bertz CT molecular complexity index is 459. The largest absolute Gasteiger partial charge is 0.443 e. The van der Waals surface area contributed by atoms with Crippen LogP contribution in [0.3, 0.4) is 0 Å². The Labute approximate surface area is 134 Å². The lowest BCUT2D eigenvalue weighted by atomic mass is 9.96. The molecule has 22 heavy (non-hydrogen) atoms. The number of ether oxygens (including phenoxy) is 2. The number of aryl methyl sites for hydroxylation is 1. The number of rotatable bonds is 8. The molecule has 0 saturated carbocycles. The highest BCUT2D eigenvalue weighted by molar-refractivity contribution is 5.67. The Balaban J connectivity index is 2.92. The van der Waals surface area contributed by atoms with E-state index < -0.39 is 0 Å². The number of hydrogen-bond acceptors (Lipinski definition) is 3. The van der Waals surface area contributed by atoms with Crippen LogP contribution in [-0.2, 0) is 9.47 Å². The van der Waals surface area contributed by atoms with Gasteiger partial charge in [-0.1, -0.05) is 37.6 Å². The van der Waals surface area contributed by atoms with Gasteiger partial charge in [0.05, 0.1) is 0 Å². The molecule has 0 radical (unpaired) electrons. The number of carbonyl (C=O) groups excluding carboxylic acids is 1. The van der Waals surface area contributed by atoms with E-state index in [-0.39, 0.29) is 24.3 Å². The normalized spacial score (nSPS) is 13.7. The van der Waals surface area contributed by atoms with Gasteiger partial charge in [-0.05, 0) is 44.7 Å². The highest BCUT2D eigenvalue weighted by Crippen LogP contribution is 2.28. The maximum absolute atomic E-state index is 12.0. The number of benzene rings is 1. The summed E-state index contributed by atoms with van der Waals surface area (Å²) in [6.45, 7) is 8.00. The third kappa shape index (κ3) is 5.68. The van der Waals surface area contributed by atoms with Crippen LogP contribution in [-0.4, -0.2) is 25.3 Å². The van der Waals surface area contributed by atoms with E-state index >= 15 is 0 Å². The van der Waals surface area contributed by atoms with Crippen LogP contribution in [0.5, 0.6) is 0 Å². The lowest BCUT2D eigenvalue weighted by Gasteiger charge is -2.28. The van der Waals surface area contributed by atoms with Gasteiger partial charge >= 0.3 is 6.09 Å². The lowest BCUT2D eigenvalue weighted by molar-refractivity contribution is -0.0291. The van der Waals surface area contributed by atoms with E-state index in [9.17, 15) is 4.79 Å². The van der Waals surface area contributed by atoms with E-state index in [1.807, 2.05) is 45.0 Å². The second kappa shape index (κ2) is 9.46. The van der Waals surface area contributed by atoms with E-state index in [0.29, 0.717) is 0 Å². The molecule has 4 heteroatoms. The van der Waals surface area contributed by atoms with Crippen LogP contribution >= 0.6 is 0 Å². The van der Waals surface area contributed by atoms with Crippen LogP contribution < -0.4 is 5.32 Å². The molecular weight excluding hydrogens is 278 g/mol. The fourth-order valence-electron chi connectivity index (χ4n) is 2.47. The average molecular weight is 307 g/mol. The first-order chi connectivity index (χ1) is 10.5. The smallest absolute Gasteiger partial charge is 0.407 e. The van der Waals surface area contributed by atoms with Gasteiger partial charge in [-0.2, -0.15) is 0 Å². The van der Waals surface area contributed by atoms with Crippen LogP contribution in [0.4, 0.5) is 4.79 Å². The van der Waals surface area contributed by atoms with Crippen molar-refractivity contribution < 1.29 is 14.3 Å². The molecule has 0 aromatic heterocycles. The van der Waals surface area contributed by atoms with Gasteiger partial charge in [-0.25, -0.2) is 4.79 Å². The molecule has 1 amide bonds. The van der Waals surface area contributed by atoms with E-state index in [2.05, 4.69) is 12.2 Å². The molecule has 4 nitrogen and oxygen atoms in total. The van der Waals surface area contributed by atoms with Gasteiger partial charge in [0.1, 0.15) is 12.2 Å². The summed E-state index contributed by atoms with van der Waals surface area (Å²) in [6, 6.07) is 8.12. The number of hydrogen-bond donors (Lipinski definition) is 1. The van der Waals surface area contributed by atoms with E-state index in [0.717, 1.165) is 30.4 Å². The number of carbonyl (C=O) groups is 1. The zero-order valence-corrected chi connectivity index (χ0v) is 14.4. The minimum atomic E-state index is -0.383. The third-order valence-electron chi connectivity index (χ3n) is 3.59. The summed E-state index contributed by atoms with van der Waals surface area (Å²) in [6.07, 6.45) is 1.91. The van der Waals surface area contributed by atoms with E-state index in [4.69, 9.17) is 9.47 Å². The quantitative estimate of drug-likeness (QED) is 0.775. The van der Waals surface area contributed by atoms with Crippen molar-refractivity contribution in [2.24, 2.45) is 0 Å². The maximum Gasteiger partial charge on any atom is 0.407 e. The summed E-state index contributed by atoms with van der Waals surface area (Å²) in [5, 5.41) is 2.78. The Morgan fingerprint density at radius 2 is 1.95 bits per heavy atom. The SMILES string of the molecule is CCCC[C@H](OC(=O)NC(C)C)[C@@H](OC)c1ccccc1C. The molecule has 1 aromatic carbocycles. The summed E-state index contributed by atoms with van der Waals surface area (Å²) in [5.74, 6) is 0. The molecule has 0 aliphatic rings. The fourth-order valence-corrected chi connectivity index (χ4v) is 2.47. The molecule has 1 aromatic rings. The van der Waals surface area contributed by atoms with Gasteiger partial charge in [0.15, 0.2) is 0 Å². The van der Waals surface area contributed by atoms with Crippen molar-refractivity contribution in [3.63, 3.8) is 0 Å². The predicted molar refractivity (Wildman–Crippen MR) is 89.0 cm³/mol. The molecule has 0 aliphatic heterocycles. The summed E-state index contributed by atoms with van der Waals surface area (Å²) < 4.78 is 11.3. The first-order valence-electron chi connectivity index (χ1n) is 8.05. The molecule has 124 valence electrons. The minimum absolute atomic E-state index is 0.0544. The van der Waals surface area contributed by atoms with Crippen LogP contribution in [0.25, 0.3) is 0 Å². The highest BCUT2D eigenvalue weighted by Gasteiger charge is 2.27. The monoisotopic (exact) mass is 307 g/mol. The van der Waals surface area contributed by atoms with E-state index in [1.165, 1.54) is 0 Å². The van der Waals surface area contributed by atoms with Crippen LogP contribution in [0.15, 0.2) is 24.3 Å². The summed E-state index contributed by atoms with van der Waals surface area (Å²) in [5.41, 5.74) is 2.21. The number of methoxy groups -OCH3 is 1.